The summed E-state index contributed by atoms with van der Waals surface area (Å²) in [7, 11) is 0. The Labute approximate surface area is 171 Å². The average Bonchev–Trinajstić information content (AvgIpc) is 2.96. The smallest absolute Gasteiger partial charge is 0.412 e. The molecule has 0 saturated carbocycles. The number of nitrogens with one attached hydrogen (secondary N) is 1. The highest BCUT2D eigenvalue weighted by Crippen LogP contribution is 2.37. The Hall–Kier alpha value is -2.70. The third kappa shape index (κ3) is 5.46. The summed E-state index contributed by atoms with van der Waals surface area (Å²) in [5, 5.41) is 35.2. The molecule has 0 radical (unpaired) electrons. The van der Waals surface area contributed by atoms with Crippen molar-refractivity contribution >= 4 is 11.9 Å². The second-order valence-corrected chi connectivity index (χ2v) is 6.81. The number of hydrogen-bond acceptors (Lipinski definition) is 9. The van der Waals surface area contributed by atoms with E-state index in [1.165, 1.54) is 12.3 Å². The Balaban J connectivity index is 1.99. The Kier molecular flexibility index (Phi) is 8.57. The van der Waals surface area contributed by atoms with Crippen LogP contribution >= 0.6 is 0 Å². The number of aliphatic hydroxyl groups excluding tert-OH is 3. The Morgan fingerprint density at radius 2 is 2.17 bits per heavy atom. The van der Waals surface area contributed by atoms with Crippen molar-refractivity contribution in [3.63, 3.8) is 0 Å². The summed E-state index contributed by atoms with van der Waals surface area (Å²) in [5.41, 5.74) is 5.55. The summed E-state index contributed by atoms with van der Waals surface area (Å²) in [5.74, 6) is -0.0799. The van der Waals surface area contributed by atoms with E-state index in [1.807, 2.05) is 0 Å². The summed E-state index contributed by atoms with van der Waals surface area (Å²) in [6.07, 6.45) is 0.488. The maximum atomic E-state index is 12.3. The number of azide groups is 1. The molecule has 4 atom stereocenters. The van der Waals surface area contributed by atoms with Gasteiger partial charge in [-0.2, -0.15) is 4.98 Å². The molecule has 1 saturated heterocycles. The molecule has 30 heavy (non-hydrogen) atoms. The summed E-state index contributed by atoms with van der Waals surface area (Å²) in [6, 6.07) is 1.26. The first-order chi connectivity index (χ1) is 14.4. The lowest BCUT2D eigenvalue weighted by Gasteiger charge is -2.23. The molecule has 1 aliphatic rings. The lowest BCUT2D eigenvalue weighted by atomic mass is 10.1. The van der Waals surface area contributed by atoms with Crippen LogP contribution in [0.5, 0.6) is 0 Å². The van der Waals surface area contributed by atoms with Crippen molar-refractivity contribution in [2.24, 2.45) is 5.11 Å². The van der Waals surface area contributed by atoms with Gasteiger partial charge in [-0.3, -0.25) is 9.88 Å². The van der Waals surface area contributed by atoms with E-state index in [-0.39, 0.29) is 12.4 Å². The van der Waals surface area contributed by atoms with Crippen molar-refractivity contribution < 1.29 is 29.6 Å². The number of amides is 1. The van der Waals surface area contributed by atoms with Crippen LogP contribution in [0.25, 0.3) is 10.4 Å². The van der Waals surface area contributed by atoms with Gasteiger partial charge in [0.05, 0.1) is 13.2 Å². The largest absolute Gasteiger partial charge is 0.449 e. The Bertz CT molecular complexity index is 827. The van der Waals surface area contributed by atoms with Gasteiger partial charge in [0.1, 0.15) is 18.0 Å². The Morgan fingerprint density at radius 3 is 2.80 bits per heavy atom. The van der Waals surface area contributed by atoms with Gasteiger partial charge in [-0.15, -0.1) is 0 Å². The summed E-state index contributed by atoms with van der Waals surface area (Å²) < 4.78 is 11.1. The summed E-state index contributed by atoms with van der Waals surface area (Å²) >= 11 is 0. The molecule has 1 aromatic heterocycles. The number of unbranched alkanes of at least 4 members (excludes halogenated alkanes) is 4. The van der Waals surface area contributed by atoms with E-state index in [1.54, 1.807) is 0 Å². The van der Waals surface area contributed by atoms with Crippen molar-refractivity contribution in [3.8, 4) is 0 Å². The molecule has 0 aliphatic carbocycles. The number of aliphatic hydroxyl groups is 3. The number of anilines is 1. The van der Waals surface area contributed by atoms with E-state index in [0.29, 0.717) is 0 Å². The van der Waals surface area contributed by atoms with Gasteiger partial charge in [-0.1, -0.05) is 37.7 Å². The lowest BCUT2D eigenvalue weighted by Crippen LogP contribution is -2.44. The maximum absolute atomic E-state index is 12.3. The summed E-state index contributed by atoms with van der Waals surface area (Å²) in [4.78, 5) is 30.2. The number of ether oxygens (including phenoxy) is 2. The van der Waals surface area contributed by atoms with Gasteiger partial charge in [0, 0.05) is 11.1 Å². The van der Waals surface area contributed by atoms with Gasteiger partial charge >= 0.3 is 11.8 Å². The predicted octanol–water partition coefficient (Wildman–Crippen LogP) is 1.01. The minimum atomic E-state index is -2.14. The normalized spacial score (nSPS) is 25.5. The van der Waals surface area contributed by atoms with Crippen molar-refractivity contribution in [2.45, 2.75) is 63.2 Å². The number of nitrogens with zero attached hydrogens (tertiary/aromatic N) is 5. The van der Waals surface area contributed by atoms with E-state index in [4.69, 9.17) is 15.0 Å². The first-order valence-corrected chi connectivity index (χ1v) is 9.62. The zero-order valence-electron chi connectivity index (χ0n) is 16.5. The van der Waals surface area contributed by atoms with Gasteiger partial charge in [-0.25, -0.2) is 9.59 Å². The molecule has 4 N–H and O–H groups in total. The quantitative estimate of drug-likeness (QED) is 0.184. The molecular weight excluding hydrogens is 400 g/mol. The maximum Gasteiger partial charge on any atom is 0.412 e. The fourth-order valence-corrected chi connectivity index (χ4v) is 3.00. The predicted molar refractivity (Wildman–Crippen MR) is 103 cm³/mol. The van der Waals surface area contributed by atoms with Crippen LogP contribution in [0.4, 0.5) is 10.6 Å². The zero-order chi connectivity index (χ0) is 22.1. The second kappa shape index (κ2) is 10.9. The lowest BCUT2D eigenvalue weighted by molar-refractivity contribution is -0.125. The van der Waals surface area contributed by atoms with E-state index >= 15 is 0 Å². The number of carbonyl (C=O) groups is 1. The number of carbonyl (C=O) groups excluding carboxylic acids is 1. The minimum Gasteiger partial charge on any atom is -0.449 e. The Morgan fingerprint density at radius 1 is 1.43 bits per heavy atom. The van der Waals surface area contributed by atoms with Crippen LogP contribution < -0.4 is 11.0 Å². The monoisotopic (exact) mass is 426 g/mol. The van der Waals surface area contributed by atoms with E-state index in [2.05, 4.69) is 27.3 Å². The minimum absolute atomic E-state index is 0.0799. The van der Waals surface area contributed by atoms with Crippen molar-refractivity contribution in [1.82, 2.24) is 9.55 Å². The molecule has 13 heteroatoms. The van der Waals surface area contributed by atoms with Gasteiger partial charge in [0.25, 0.3) is 0 Å². The molecule has 0 unspecified atom stereocenters. The van der Waals surface area contributed by atoms with E-state index < -0.39 is 42.6 Å². The van der Waals surface area contributed by atoms with Crippen molar-refractivity contribution in [3.05, 3.63) is 33.2 Å². The molecule has 13 nitrogen and oxygen atoms in total. The van der Waals surface area contributed by atoms with Crippen molar-refractivity contribution in [1.29, 1.82) is 0 Å². The molecular formula is C17H26N6O7. The number of aromatic nitrogens is 2. The third-order valence-electron chi connectivity index (χ3n) is 4.66. The van der Waals surface area contributed by atoms with Crippen molar-refractivity contribution in [2.75, 3.05) is 18.5 Å². The molecule has 0 bridgehead atoms. The van der Waals surface area contributed by atoms with Crippen LogP contribution in [0, 0.1) is 0 Å². The van der Waals surface area contributed by atoms with E-state index in [9.17, 15) is 24.9 Å². The standard InChI is InChI=1S/C17H26N6O7/c1-2-3-4-5-6-9-29-16(28)20-11-7-8-23(15(27)19-11)14-12(25)13(26)17(10-24,30-14)21-22-18/h7-8,12-14,24-26H,2-6,9-10H2,1H3,(H,19,20,27,28)/t12-,13+,14+,17-/m1/s1. The molecule has 1 aliphatic heterocycles. The zero-order valence-corrected chi connectivity index (χ0v) is 16.5. The first-order valence-electron chi connectivity index (χ1n) is 9.62. The van der Waals surface area contributed by atoms with Crippen LogP contribution in [-0.2, 0) is 9.47 Å². The highest BCUT2D eigenvalue weighted by atomic mass is 16.6. The third-order valence-corrected chi connectivity index (χ3v) is 4.66. The second-order valence-electron chi connectivity index (χ2n) is 6.81. The number of hydrogen-bond donors (Lipinski definition) is 4. The van der Waals surface area contributed by atoms with Crippen LogP contribution in [-0.4, -0.2) is 62.1 Å². The van der Waals surface area contributed by atoms with Gasteiger partial charge in [-0.05, 0) is 18.0 Å². The fraction of sp³-hybridized carbons (Fsp3) is 0.706. The number of rotatable bonds is 10. The molecule has 1 amide bonds. The van der Waals surface area contributed by atoms with Gasteiger partial charge in [0.2, 0.25) is 5.72 Å². The highest BCUT2D eigenvalue weighted by molar-refractivity contribution is 5.83. The molecule has 2 heterocycles. The van der Waals surface area contributed by atoms with Gasteiger partial charge in [0.15, 0.2) is 6.23 Å². The summed E-state index contributed by atoms with van der Waals surface area (Å²) in [6.45, 7) is 1.43. The van der Waals surface area contributed by atoms with Crippen LogP contribution in [0.15, 0.2) is 22.2 Å². The van der Waals surface area contributed by atoms with Crippen LogP contribution in [0.3, 0.4) is 0 Å². The molecule has 0 spiro atoms. The molecule has 1 fully saturated rings. The topological polar surface area (TPSA) is 192 Å². The molecule has 166 valence electrons. The first kappa shape index (κ1) is 23.6. The van der Waals surface area contributed by atoms with Gasteiger partial charge < -0.3 is 24.8 Å². The van der Waals surface area contributed by atoms with Crippen LogP contribution in [0.2, 0.25) is 0 Å². The fourth-order valence-electron chi connectivity index (χ4n) is 3.00. The molecule has 0 aromatic carbocycles. The highest BCUT2D eigenvalue weighted by Gasteiger charge is 2.54. The molecule has 1 aromatic rings. The van der Waals surface area contributed by atoms with Crippen LogP contribution in [0.1, 0.15) is 45.3 Å². The SMILES string of the molecule is CCCCCCCOC(=O)Nc1ccn([C@H]2O[C@@](CO)(N=[N+]=[N-])[C@@H](O)[C@H]2O)c(=O)n1. The average molecular weight is 426 g/mol. The molecule has 2 rings (SSSR count). The van der Waals surface area contributed by atoms with E-state index in [0.717, 1.165) is 36.7 Å².